The van der Waals surface area contributed by atoms with Crippen molar-refractivity contribution in [2.24, 2.45) is 5.92 Å². The van der Waals surface area contributed by atoms with Gasteiger partial charge in [0.1, 0.15) is 6.10 Å². The lowest BCUT2D eigenvalue weighted by molar-refractivity contribution is -0.122. The van der Waals surface area contributed by atoms with Crippen LogP contribution in [-0.4, -0.2) is 17.6 Å². The van der Waals surface area contributed by atoms with Crippen LogP contribution in [0.1, 0.15) is 41.4 Å². The van der Waals surface area contributed by atoms with E-state index in [9.17, 15) is 9.90 Å². The highest BCUT2D eigenvalue weighted by Crippen LogP contribution is 2.48. The van der Waals surface area contributed by atoms with Gasteiger partial charge in [-0.2, -0.15) is 0 Å². The van der Waals surface area contributed by atoms with Gasteiger partial charge in [0, 0.05) is 22.0 Å². The molecule has 4 heteroatoms. The standard InChI is InChI=1S/C22H23NO2S/c1-2-14-7-3-5-9-16(14)17-12-18(17)22(25)23-13-19(24)21-11-15-8-4-6-10-20(15)26-21/h3-11,17-19,24H,2,12-13H2,1H3,(H,23,25)/t17-,18+,19-/m0/s1. The second-order valence-electron chi connectivity index (χ2n) is 6.95. The topological polar surface area (TPSA) is 49.3 Å². The molecule has 3 atom stereocenters. The number of nitrogens with one attached hydrogen (secondary N) is 1. The molecule has 1 aliphatic rings. The molecule has 1 aliphatic carbocycles. The van der Waals surface area contributed by atoms with Gasteiger partial charge in [-0.25, -0.2) is 0 Å². The summed E-state index contributed by atoms with van der Waals surface area (Å²) in [4.78, 5) is 13.4. The second-order valence-corrected chi connectivity index (χ2v) is 8.06. The van der Waals surface area contributed by atoms with Gasteiger partial charge < -0.3 is 10.4 Å². The van der Waals surface area contributed by atoms with E-state index in [0.29, 0.717) is 5.92 Å². The zero-order valence-electron chi connectivity index (χ0n) is 14.8. The van der Waals surface area contributed by atoms with Crippen molar-refractivity contribution in [3.63, 3.8) is 0 Å². The van der Waals surface area contributed by atoms with Crippen LogP contribution >= 0.6 is 11.3 Å². The Labute approximate surface area is 157 Å². The third-order valence-electron chi connectivity index (χ3n) is 5.21. The summed E-state index contributed by atoms with van der Waals surface area (Å²) in [6.45, 7) is 2.42. The fraction of sp³-hybridized carbons (Fsp3) is 0.318. The van der Waals surface area contributed by atoms with E-state index in [1.54, 1.807) is 11.3 Å². The molecule has 1 fully saturated rings. The Morgan fingerprint density at radius 3 is 2.81 bits per heavy atom. The molecule has 1 amide bonds. The maximum Gasteiger partial charge on any atom is 0.223 e. The van der Waals surface area contributed by atoms with Crippen LogP contribution in [-0.2, 0) is 11.2 Å². The highest BCUT2D eigenvalue weighted by molar-refractivity contribution is 7.19. The van der Waals surface area contributed by atoms with Crippen molar-refractivity contribution in [3.05, 3.63) is 70.6 Å². The van der Waals surface area contributed by atoms with E-state index in [1.807, 2.05) is 30.3 Å². The molecule has 0 aliphatic heterocycles. The highest BCUT2D eigenvalue weighted by Gasteiger charge is 2.44. The first kappa shape index (κ1) is 17.3. The fourth-order valence-electron chi connectivity index (χ4n) is 3.64. The average molecular weight is 365 g/mol. The van der Waals surface area contributed by atoms with Crippen LogP contribution in [0.3, 0.4) is 0 Å². The zero-order valence-corrected chi connectivity index (χ0v) is 15.6. The monoisotopic (exact) mass is 365 g/mol. The van der Waals surface area contributed by atoms with Gasteiger partial charge in [0.25, 0.3) is 0 Å². The first-order chi connectivity index (χ1) is 12.7. The minimum Gasteiger partial charge on any atom is -0.386 e. The second kappa shape index (κ2) is 7.22. The molecule has 4 rings (SSSR count). The SMILES string of the molecule is CCc1ccccc1[C@@H]1C[C@H]1C(=O)NC[C@H](O)c1cc2ccccc2s1. The number of carbonyl (C=O) groups is 1. The summed E-state index contributed by atoms with van der Waals surface area (Å²) in [6.07, 6.45) is 1.24. The molecule has 0 saturated heterocycles. The number of aliphatic hydroxyl groups is 1. The number of aryl methyl sites for hydroxylation is 1. The van der Waals surface area contributed by atoms with E-state index in [0.717, 1.165) is 27.8 Å². The Morgan fingerprint density at radius 2 is 2.00 bits per heavy atom. The van der Waals surface area contributed by atoms with E-state index >= 15 is 0 Å². The van der Waals surface area contributed by atoms with Crippen molar-refractivity contribution in [2.45, 2.75) is 31.8 Å². The lowest BCUT2D eigenvalue weighted by Crippen LogP contribution is -2.29. The zero-order chi connectivity index (χ0) is 18.1. The third-order valence-corrected chi connectivity index (χ3v) is 6.42. The predicted molar refractivity (Wildman–Crippen MR) is 106 cm³/mol. The van der Waals surface area contributed by atoms with E-state index in [-0.39, 0.29) is 18.4 Å². The molecule has 1 heterocycles. The molecule has 2 aromatic carbocycles. The molecule has 1 aromatic heterocycles. The van der Waals surface area contributed by atoms with Gasteiger partial charge in [-0.3, -0.25) is 4.79 Å². The number of benzene rings is 2. The van der Waals surface area contributed by atoms with E-state index in [1.165, 1.54) is 11.1 Å². The van der Waals surface area contributed by atoms with Crippen LogP contribution in [0, 0.1) is 5.92 Å². The summed E-state index contributed by atoms with van der Waals surface area (Å²) < 4.78 is 1.16. The molecule has 0 spiro atoms. The van der Waals surface area contributed by atoms with Crippen LogP contribution in [0.4, 0.5) is 0 Å². The highest BCUT2D eigenvalue weighted by atomic mass is 32.1. The molecule has 1 saturated carbocycles. The Bertz CT molecular complexity index is 900. The predicted octanol–water partition coefficient (Wildman–Crippen LogP) is 4.42. The molecule has 3 nitrogen and oxygen atoms in total. The maximum absolute atomic E-state index is 12.5. The number of amides is 1. The minimum atomic E-state index is -0.656. The van der Waals surface area contributed by atoms with Gasteiger partial charge in [-0.1, -0.05) is 49.4 Å². The first-order valence-corrected chi connectivity index (χ1v) is 10.0. The number of fused-ring (bicyclic) bond motifs is 1. The lowest BCUT2D eigenvalue weighted by atomic mass is 10.00. The third kappa shape index (κ3) is 3.39. The number of hydrogen-bond acceptors (Lipinski definition) is 3. The van der Waals surface area contributed by atoms with Crippen LogP contribution < -0.4 is 5.32 Å². The van der Waals surface area contributed by atoms with E-state index in [4.69, 9.17) is 0 Å². The van der Waals surface area contributed by atoms with Crippen molar-refractivity contribution >= 4 is 27.3 Å². The van der Waals surface area contributed by atoms with Gasteiger partial charge in [0.15, 0.2) is 0 Å². The lowest BCUT2D eigenvalue weighted by Gasteiger charge is -2.11. The quantitative estimate of drug-likeness (QED) is 0.679. The van der Waals surface area contributed by atoms with Gasteiger partial charge in [0.05, 0.1) is 0 Å². The molecule has 0 radical (unpaired) electrons. The molecule has 0 bridgehead atoms. The average Bonchev–Trinajstić information content (AvgIpc) is 3.36. The van der Waals surface area contributed by atoms with Gasteiger partial charge >= 0.3 is 0 Å². The maximum atomic E-state index is 12.5. The molecule has 3 aromatic rings. The molecule has 2 N–H and O–H groups in total. The number of thiophene rings is 1. The fourth-order valence-corrected chi connectivity index (χ4v) is 4.69. The van der Waals surface area contributed by atoms with Crippen molar-refractivity contribution in [1.29, 1.82) is 0 Å². The largest absolute Gasteiger partial charge is 0.386 e. The summed E-state index contributed by atoms with van der Waals surface area (Å²) in [7, 11) is 0. The van der Waals surface area contributed by atoms with E-state index in [2.05, 4.69) is 36.5 Å². The molecule has 0 unspecified atom stereocenters. The normalized spacial score (nSPS) is 20.1. The van der Waals surface area contributed by atoms with Crippen LogP contribution in [0.25, 0.3) is 10.1 Å². The van der Waals surface area contributed by atoms with Crippen LogP contribution in [0.15, 0.2) is 54.6 Å². The summed E-state index contributed by atoms with van der Waals surface area (Å²) in [5.41, 5.74) is 2.64. The van der Waals surface area contributed by atoms with Crippen molar-refractivity contribution in [2.75, 3.05) is 6.54 Å². The number of aliphatic hydroxyl groups excluding tert-OH is 1. The molecular formula is C22H23NO2S. The summed E-state index contributed by atoms with van der Waals surface area (Å²) >= 11 is 1.58. The van der Waals surface area contributed by atoms with Gasteiger partial charge in [-0.15, -0.1) is 11.3 Å². The van der Waals surface area contributed by atoms with Crippen molar-refractivity contribution in [1.82, 2.24) is 5.32 Å². The Hall–Kier alpha value is -2.17. The van der Waals surface area contributed by atoms with E-state index < -0.39 is 6.10 Å². The van der Waals surface area contributed by atoms with Crippen molar-refractivity contribution < 1.29 is 9.90 Å². The van der Waals surface area contributed by atoms with Gasteiger partial charge in [0.2, 0.25) is 5.91 Å². The number of hydrogen-bond donors (Lipinski definition) is 2. The van der Waals surface area contributed by atoms with Crippen LogP contribution in [0.2, 0.25) is 0 Å². The number of carbonyl (C=O) groups excluding carboxylic acids is 1. The van der Waals surface area contributed by atoms with Gasteiger partial charge in [-0.05, 0) is 47.4 Å². The number of rotatable bonds is 6. The first-order valence-electron chi connectivity index (χ1n) is 9.19. The molecule has 26 heavy (non-hydrogen) atoms. The smallest absolute Gasteiger partial charge is 0.223 e. The van der Waals surface area contributed by atoms with Crippen LogP contribution in [0.5, 0.6) is 0 Å². The minimum absolute atomic E-state index is 0.0392. The summed E-state index contributed by atoms with van der Waals surface area (Å²) in [5, 5.41) is 14.5. The summed E-state index contributed by atoms with van der Waals surface area (Å²) in [6, 6.07) is 18.5. The Morgan fingerprint density at radius 1 is 1.23 bits per heavy atom. The van der Waals surface area contributed by atoms with Crippen molar-refractivity contribution in [3.8, 4) is 0 Å². The Kier molecular flexibility index (Phi) is 4.79. The molecular weight excluding hydrogens is 342 g/mol. The Balaban J connectivity index is 1.36. The summed E-state index contributed by atoms with van der Waals surface area (Å²) in [5.74, 6) is 0.422. The molecule has 134 valence electrons.